The van der Waals surface area contributed by atoms with Crippen LogP contribution in [0.15, 0.2) is 60.8 Å². The first kappa shape index (κ1) is 21.6. The van der Waals surface area contributed by atoms with Crippen molar-refractivity contribution in [1.29, 1.82) is 0 Å². The van der Waals surface area contributed by atoms with Crippen LogP contribution >= 0.6 is 11.6 Å². The van der Waals surface area contributed by atoms with Crippen molar-refractivity contribution in [3.8, 4) is 11.8 Å². The van der Waals surface area contributed by atoms with E-state index in [2.05, 4.69) is 22.1 Å². The Hall–Kier alpha value is -3.66. The molecule has 4 rings (SSSR count). The van der Waals surface area contributed by atoms with Gasteiger partial charge in [-0.1, -0.05) is 41.6 Å². The minimum atomic E-state index is -0.497. The van der Waals surface area contributed by atoms with Gasteiger partial charge in [0, 0.05) is 36.0 Å². The topological polar surface area (TPSA) is 82.5 Å². The number of hydrogen-bond acceptors (Lipinski definition) is 4. The van der Waals surface area contributed by atoms with Crippen molar-refractivity contribution in [2.75, 3.05) is 18.4 Å². The van der Waals surface area contributed by atoms with Gasteiger partial charge < -0.3 is 15.3 Å². The number of amides is 2. The number of benzene rings is 2. The third-order valence-electron chi connectivity index (χ3n) is 5.04. The second kappa shape index (κ2) is 9.23. The van der Waals surface area contributed by atoms with Gasteiger partial charge in [-0.05, 0) is 48.9 Å². The molecule has 2 N–H and O–H groups in total. The third-order valence-corrected chi connectivity index (χ3v) is 5.37. The quantitative estimate of drug-likeness (QED) is 0.604. The largest absolute Gasteiger partial charge is 0.389 e. The summed E-state index contributed by atoms with van der Waals surface area (Å²) in [5.41, 5.74) is 2.89. The molecular formula is C25H20ClN3O3. The molecule has 2 heterocycles. The number of rotatable bonds is 3. The van der Waals surface area contributed by atoms with Gasteiger partial charge in [0.05, 0.1) is 16.7 Å². The zero-order valence-electron chi connectivity index (χ0n) is 17.3. The Kier molecular flexibility index (Phi) is 6.22. The van der Waals surface area contributed by atoms with Gasteiger partial charge in [-0.15, -0.1) is 0 Å². The first-order valence-corrected chi connectivity index (χ1v) is 10.4. The molecule has 0 saturated carbocycles. The fourth-order valence-corrected chi connectivity index (χ4v) is 3.45. The van der Waals surface area contributed by atoms with Crippen molar-refractivity contribution >= 4 is 29.2 Å². The van der Waals surface area contributed by atoms with Crippen LogP contribution in [0.1, 0.15) is 37.4 Å². The lowest BCUT2D eigenvalue weighted by atomic mass is 10.1. The van der Waals surface area contributed by atoms with Crippen LogP contribution in [0.25, 0.3) is 0 Å². The number of aliphatic hydroxyl groups excluding tert-OH is 1. The second-order valence-electron chi connectivity index (χ2n) is 7.52. The van der Waals surface area contributed by atoms with Gasteiger partial charge in [0.2, 0.25) is 0 Å². The van der Waals surface area contributed by atoms with E-state index in [1.165, 1.54) is 17.0 Å². The molecule has 0 aliphatic carbocycles. The van der Waals surface area contributed by atoms with Crippen LogP contribution in [-0.4, -0.2) is 46.0 Å². The van der Waals surface area contributed by atoms with E-state index >= 15 is 0 Å². The maximum atomic E-state index is 12.8. The fourth-order valence-electron chi connectivity index (χ4n) is 3.25. The van der Waals surface area contributed by atoms with Crippen LogP contribution in [0.4, 0.5) is 5.82 Å². The smallest absolute Gasteiger partial charge is 0.258 e. The molecule has 1 saturated heterocycles. The molecule has 2 aromatic carbocycles. The van der Waals surface area contributed by atoms with E-state index in [-0.39, 0.29) is 29.6 Å². The molecule has 1 aromatic heterocycles. The van der Waals surface area contributed by atoms with Gasteiger partial charge in [0.25, 0.3) is 11.8 Å². The molecule has 6 nitrogen and oxygen atoms in total. The first-order chi connectivity index (χ1) is 15.4. The molecule has 32 heavy (non-hydrogen) atoms. The van der Waals surface area contributed by atoms with E-state index in [1.807, 2.05) is 43.3 Å². The third kappa shape index (κ3) is 4.80. The summed E-state index contributed by atoms with van der Waals surface area (Å²) in [5, 5.41) is 12.4. The number of nitrogens with zero attached hydrogens (tertiary/aromatic N) is 2. The monoisotopic (exact) mass is 445 g/mol. The zero-order chi connectivity index (χ0) is 22.7. The summed E-state index contributed by atoms with van der Waals surface area (Å²) in [6.07, 6.45) is 1.10. The molecule has 2 amide bonds. The Morgan fingerprint density at radius 3 is 2.50 bits per heavy atom. The van der Waals surface area contributed by atoms with Gasteiger partial charge >= 0.3 is 0 Å². The maximum Gasteiger partial charge on any atom is 0.258 e. The molecule has 3 aromatic rings. The minimum absolute atomic E-state index is 0.174. The summed E-state index contributed by atoms with van der Waals surface area (Å²) >= 11 is 6.21. The highest BCUT2D eigenvalue weighted by Gasteiger charge is 2.30. The number of nitrogens with one attached hydrogen (secondary N) is 1. The molecule has 1 fully saturated rings. The number of aromatic nitrogens is 1. The summed E-state index contributed by atoms with van der Waals surface area (Å²) in [6, 6.07) is 16.0. The summed E-state index contributed by atoms with van der Waals surface area (Å²) < 4.78 is 0. The summed E-state index contributed by atoms with van der Waals surface area (Å²) in [7, 11) is 0. The fraction of sp³-hybridized carbons (Fsp3) is 0.160. The average molecular weight is 446 g/mol. The van der Waals surface area contributed by atoms with Gasteiger partial charge in [-0.25, -0.2) is 4.98 Å². The standard InChI is InChI=1S/C25H20ClN3O3/c1-16-11-18(8-7-17-5-3-2-4-6-17)13-27-23(16)28-24(31)21-12-19(9-10-22(21)26)25(32)29-14-20(30)15-29/h2-6,9-13,20,30H,14-15H2,1H3,(H,27,28,31). The first-order valence-electron chi connectivity index (χ1n) is 10.0. The molecule has 160 valence electrons. The summed E-state index contributed by atoms with van der Waals surface area (Å²) in [5.74, 6) is 5.80. The van der Waals surface area contributed by atoms with E-state index < -0.39 is 12.0 Å². The Labute approximate surface area is 190 Å². The number of anilines is 1. The van der Waals surface area contributed by atoms with Gasteiger partial charge in [0.1, 0.15) is 5.82 Å². The van der Waals surface area contributed by atoms with E-state index in [9.17, 15) is 14.7 Å². The number of hydrogen-bond donors (Lipinski definition) is 2. The number of aliphatic hydroxyl groups is 1. The lowest BCUT2D eigenvalue weighted by Gasteiger charge is -2.35. The highest BCUT2D eigenvalue weighted by molar-refractivity contribution is 6.34. The van der Waals surface area contributed by atoms with E-state index in [1.54, 1.807) is 12.3 Å². The van der Waals surface area contributed by atoms with Gasteiger partial charge in [-0.3, -0.25) is 9.59 Å². The van der Waals surface area contributed by atoms with Crippen LogP contribution in [-0.2, 0) is 0 Å². The number of β-amino-alcohol motifs (C(OH)–C–C–N with tert-alkyl or cyclic N) is 1. The van der Waals surface area contributed by atoms with Crippen LogP contribution < -0.4 is 5.32 Å². The molecule has 0 unspecified atom stereocenters. The lowest BCUT2D eigenvalue weighted by molar-refractivity contribution is 0.00589. The number of halogens is 1. The lowest BCUT2D eigenvalue weighted by Crippen LogP contribution is -2.53. The van der Waals surface area contributed by atoms with Crippen molar-refractivity contribution in [3.63, 3.8) is 0 Å². The van der Waals surface area contributed by atoms with Crippen molar-refractivity contribution in [1.82, 2.24) is 9.88 Å². The normalized spacial score (nSPS) is 13.0. The van der Waals surface area contributed by atoms with Crippen molar-refractivity contribution < 1.29 is 14.7 Å². The van der Waals surface area contributed by atoms with Gasteiger partial charge in [0.15, 0.2) is 0 Å². The van der Waals surface area contributed by atoms with E-state index in [0.717, 1.165) is 16.7 Å². The van der Waals surface area contributed by atoms with E-state index in [0.29, 0.717) is 11.4 Å². The second-order valence-corrected chi connectivity index (χ2v) is 7.93. The maximum absolute atomic E-state index is 12.8. The Bertz CT molecular complexity index is 1240. The number of carbonyl (C=O) groups is 2. The molecule has 0 atom stereocenters. The number of pyridine rings is 1. The number of likely N-dealkylation sites (tertiary alicyclic amines) is 1. The molecule has 0 bridgehead atoms. The van der Waals surface area contributed by atoms with Crippen LogP contribution in [0.5, 0.6) is 0 Å². The number of aryl methyl sites for hydroxylation is 1. The molecule has 0 spiro atoms. The van der Waals surface area contributed by atoms with Gasteiger partial charge in [-0.2, -0.15) is 0 Å². The molecule has 0 radical (unpaired) electrons. The summed E-state index contributed by atoms with van der Waals surface area (Å²) in [6.45, 7) is 2.39. The number of carbonyl (C=O) groups excluding carboxylic acids is 2. The summed E-state index contributed by atoms with van der Waals surface area (Å²) in [4.78, 5) is 31.2. The molecule has 1 aliphatic rings. The predicted molar refractivity (Wildman–Crippen MR) is 123 cm³/mol. The molecule has 1 aliphatic heterocycles. The Morgan fingerprint density at radius 1 is 1.09 bits per heavy atom. The SMILES string of the molecule is Cc1cc(C#Cc2ccccc2)cnc1NC(=O)c1cc(C(=O)N2CC(O)C2)ccc1Cl. The predicted octanol–water partition coefficient (Wildman–Crippen LogP) is 3.51. The van der Waals surface area contributed by atoms with Crippen molar-refractivity contribution in [2.24, 2.45) is 0 Å². The van der Waals surface area contributed by atoms with Crippen LogP contribution in [0.2, 0.25) is 5.02 Å². The zero-order valence-corrected chi connectivity index (χ0v) is 18.1. The Balaban J connectivity index is 1.50. The highest BCUT2D eigenvalue weighted by atomic mass is 35.5. The molecular weight excluding hydrogens is 426 g/mol. The molecule has 7 heteroatoms. The van der Waals surface area contributed by atoms with Crippen LogP contribution in [0, 0.1) is 18.8 Å². The average Bonchev–Trinajstić information content (AvgIpc) is 2.77. The minimum Gasteiger partial charge on any atom is -0.389 e. The van der Waals surface area contributed by atoms with E-state index in [4.69, 9.17) is 11.6 Å². The van der Waals surface area contributed by atoms with Crippen molar-refractivity contribution in [3.05, 3.63) is 93.6 Å². The van der Waals surface area contributed by atoms with Crippen molar-refractivity contribution in [2.45, 2.75) is 13.0 Å². The van der Waals surface area contributed by atoms with Crippen LogP contribution in [0.3, 0.4) is 0 Å². The highest BCUT2D eigenvalue weighted by Crippen LogP contribution is 2.22. The Morgan fingerprint density at radius 2 is 1.81 bits per heavy atom.